The minimum atomic E-state index is -5.05. The van der Waals surface area contributed by atoms with Crippen LogP contribution in [0.2, 0.25) is 0 Å². The number of carbonyl (C=O) groups is 2. The summed E-state index contributed by atoms with van der Waals surface area (Å²) in [7, 11) is 0. The second-order valence-electron chi connectivity index (χ2n) is 12.7. The average molecular weight is 728 g/mol. The Bertz CT molecular complexity index is 2100. The van der Waals surface area contributed by atoms with E-state index in [9.17, 15) is 41.0 Å². The number of benzene rings is 3. The SMILES string of the molecule is O=C(N[C@@H](Cc1cccc2c(-c3cccc4ccncc34)nccc12)C(=O)O)c1c(F)cc(N(CC(F)(F)F)CC(F)(F)F)cc1CN1CCCC1. The molecule has 0 bridgehead atoms. The van der Waals surface area contributed by atoms with Crippen molar-refractivity contribution < 1.29 is 45.4 Å². The number of hydrogen-bond donors (Lipinski definition) is 2. The third-order valence-electron chi connectivity index (χ3n) is 8.94. The second-order valence-corrected chi connectivity index (χ2v) is 12.7. The van der Waals surface area contributed by atoms with Crippen molar-refractivity contribution in [2.45, 2.75) is 44.2 Å². The summed E-state index contributed by atoms with van der Waals surface area (Å²) in [6, 6.07) is 14.3. The maximum atomic E-state index is 15.8. The number of alkyl halides is 6. The maximum absolute atomic E-state index is 15.8. The summed E-state index contributed by atoms with van der Waals surface area (Å²) >= 11 is 0. The van der Waals surface area contributed by atoms with Crippen LogP contribution in [0.5, 0.6) is 0 Å². The highest BCUT2D eigenvalue weighted by Gasteiger charge is 2.38. The molecule has 1 atom stereocenters. The van der Waals surface area contributed by atoms with Crippen LogP contribution in [0.25, 0.3) is 32.8 Å². The van der Waals surface area contributed by atoms with Gasteiger partial charge in [0.25, 0.3) is 5.91 Å². The van der Waals surface area contributed by atoms with Gasteiger partial charge in [-0.2, -0.15) is 26.3 Å². The maximum Gasteiger partial charge on any atom is 0.405 e. The van der Waals surface area contributed by atoms with Crippen LogP contribution < -0.4 is 10.2 Å². The highest BCUT2D eigenvalue weighted by atomic mass is 19.4. The minimum absolute atomic E-state index is 0.0450. The van der Waals surface area contributed by atoms with Crippen LogP contribution >= 0.6 is 0 Å². The number of fused-ring (bicyclic) bond motifs is 2. The summed E-state index contributed by atoms with van der Waals surface area (Å²) in [5.41, 5.74) is 0.399. The molecule has 272 valence electrons. The Labute approximate surface area is 292 Å². The number of nitrogens with zero attached hydrogens (tertiary/aromatic N) is 4. The Morgan fingerprint density at radius 3 is 2.27 bits per heavy atom. The topological polar surface area (TPSA) is 98.7 Å². The first kappa shape index (κ1) is 36.5. The Morgan fingerprint density at radius 2 is 1.58 bits per heavy atom. The highest BCUT2D eigenvalue weighted by Crippen LogP contribution is 2.34. The van der Waals surface area contributed by atoms with Crippen molar-refractivity contribution in [2.24, 2.45) is 0 Å². The summed E-state index contributed by atoms with van der Waals surface area (Å²) in [5.74, 6) is -4.00. The third kappa shape index (κ3) is 8.41. The Morgan fingerprint density at radius 1 is 0.865 bits per heavy atom. The fourth-order valence-corrected chi connectivity index (χ4v) is 6.70. The van der Waals surface area contributed by atoms with Gasteiger partial charge in [-0.05, 0) is 72.1 Å². The van der Waals surface area contributed by atoms with Gasteiger partial charge >= 0.3 is 18.3 Å². The van der Waals surface area contributed by atoms with Gasteiger partial charge in [0, 0.05) is 53.6 Å². The zero-order valence-corrected chi connectivity index (χ0v) is 27.4. The van der Waals surface area contributed by atoms with E-state index in [1.165, 1.54) is 0 Å². The molecule has 1 amide bonds. The second kappa shape index (κ2) is 14.7. The number of carboxylic acids is 1. The number of halogens is 7. The first-order chi connectivity index (χ1) is 24.7. The lowest BCUT2D eigenvalue weighted by molar-refractivity contribution is -0.139. The number of amides is 1. The van der Waals surface area contributed by atoms with Crippen molar-refractivity contribution in [2.75, 3.05) is 31.1 Å². The lowest BCUT2D eigenvalue weighted by atomic mass is 9.95. The molecule has 0 spiro atoms. The summed E-state index contributed by atoms with van der Waals surface area (Å²) in [5, 5.41) is 15.7. The zero-order valence-electron chi connectivity index (χ0n) is 27.4. The molecule has 8 nitrogen and oxygen atoms in total. The Kier molecular flexibility index (Phi) is 10.3. The van der Waals surface area contributed by atoms with E-state index >= 15 is 4.39 Å². The first-order valence-corrected chi connectivity index (χ1v) is 16.3. The van der Waals surface area contributed by atoms with Crippen LogP contribution in [-0.4, -0.2) is 76.4 Å². The number of hydrogen-bond acceptors (Lipinski definition) is 6. The van der Waals surface area contributed by atoms with Crippen LogP contribution in [0.3, 0.4) is 0 Å². The summed E-state index contributed by atoms with van der Waals surface area (Å²) in [6.45, 7) is -3.16. The van der Waals surface area contributed by atoms with Gasteiger partial charge in [-0.1, -0.05) is 36.4 Å². The molecule has 0 aliphatic carbocycles. The molecule has 0 unspecified atom stereocenters. The van der Waals surface area contributed by atoms with Crippen molar-refractivity contribution in [3.8, 4) is 11.3 Å². The molecule has 0 saturated carbocycles. The number of nitrogens with one attached hydrogen (secondary N) is 1. The highest BCUT2D eigenvalue weighted by molar-refractivity contribution is 6.04. The average Bonchev–Trinajstić information content (AvgIpc) is 3.59. The van der Waals surface area contributed by atoms with Crippen molar-refractivity contribution in [3.63, 3.8) is 0 Å². The quantitative estimate of drug-likeness (QED) is 0.136. The van der Waals surface area contributed by atoms with E-state index < -0.39 is 60.4 Å². The summed E-state index contributed by atoms with van der Waals surface area (Å²) < 4.78 is 95.8. The Hall–Kier alpha value is -5.31. The number of rotatable bonds is 11. The number of carbonyl (C=O) groups excluding carboxylic acids is 1. The molecule has 2 N–H and O–H groups in total. The van der Waals surface area contributed by atoms with E-state index in [-0.39, 0.29) is 23.4 Å². The molecule has 1 aliphatic heterocycles. The molecule has 5 aromatic rings. The Balaban J connectivity index is 1.34. The van der Waals surface area contributed by atoms with Crippen molar-refractivity contribution in [1.82, 2.24) is 20.2 Å². The van der Waals surface area contributed by atoms with Gasteiger partial charge in [0.15, 0.2) is 0 Å². The number of carboxylic acid groups (broad SMARTS) is 1. The molecular weight excluding hydrogens is 695 g/mol. The summed E-state index contributed by atoms with van der Waals surface area (Å²) in [4.78, 5) is 36.8. The number of pyridine rings is 2. The predicted octanol–water partition coefficient (Wildman–Crippen LogP) is 7.54. The molecule has 1 fully saturated rings. The smallest absolute Gasteiger partial charge is 0.405 e. The van der Waals surface area contributed by atoms with Crippen molar-refractivity contribution in [3.05, 3.63) is 102 Å². The van der Waals surface area contributed by atoms with Gasteiger partial charge < -0.3 is 15.3 Å². The molecule has 3 heterocycles. The van der Waals surface area contributed by atoms with Gasteiger partial charge in [-0.15, -0.1) is 0 Å². The fraction of sp³-hybridized carbons (Fsp3) is 0.297. The molecular formula is C37H32F7N5O3. The summed E-state index contributed by atoms with van der Waals surface area (Å²) in [6.07, 6.45) is -3.88. The van der Waals surface area contributed by atoms with E-state index in [0.717, 1.165) is 35.2 Å². The van der Waals surface area contributed by atoms with Crippen LogP contribution in [0.1, 0.15) is 34.3 Å². The van der Waals surface area contributed by atoms with Gasteiger partial charge in [0.05, 0.1) is 11.3 Å². The van der Waals surface area contributed by atoms with Crippen LogP contribution in [0.15, 0.2) is 79.3 Å². The predicted molar refractivity (Wildman–Crippen MR) is 180 cm³/mol. The number of anilines is 1. The van der Waals surface area contributed by atoms with E-state index in [1.54, 1.807) is 41.7 Å². The van der Waals surface area contributed by atoms with E-state index in [4.69, 9.17) is 0 Å². The molecule has 1 saturated heterocycles. The number of aromatic nitrogens is 2. The standard InChI is InChI=1S/C37H32F7N5O3/c38-30-17-25(49(20-36(39,40)41)21-37(42,43)44)15-24(19-48-13-1-2-14-48)32(30)34(50)47-31(35(51)52)16-23-6-4-7-27-26(23)10-12-46-33(27)28-8-3-5-22-9-11-45-18-29(22)28/h3-12,15,17-18,31H,1-2,13-14,16,19-21H2,(H,47,50)(H,51,52)/t31-/m0/s1. The van der Waals surface area contributed by atoms with Crippen molar-refractivity contribution in [1.29, 1.82) is 0 Å². The van der Waals surface area contributed by atoms with E-state index in [0.29, 0.717) is 41.2 Å². The number of aliphatic carboxylic acids is 1. The van der Waals surface area contributed by atoms with Crippen LogP contribution in [0.4, 0.5) is 36.4 Å². The largest absolute Gasteiger partial charge is 0.480 e. The zero-order chi connectivity index (χ0) is 37.2. The minimum Gasteiger partial charge on any atom is -0.480 e. The van der Waals surface area contributed by atoms with Gasteiger partial charge in [-0.25, -0.2) is 9.18 Å². The van der Waals surface area contributed by atoms with E-state index in [2.05, 4.69) is 15.3 Å². The van der Waals surface area contributed by atoms with Gasteiger partial charge in [-0.3, -0.25) is 19.7 Å². The van der Waals surface area contributed by atoms with E-state index in [1.807, 2.05) is 30.3 Å². The normalized spacial score (nSPS) is 14.5. The molecule has 0 radical (unpaired) electrons. The molecule has 15 heteroatoms. The van der Waals surface area contributed by atoms with Gasteiger partial charge in [0.1, 0.15) is 24.9 Å². The fourth-order valence-electron chi connectivity index (χ4n) is 6.70. The molecule has 6 rings (SSSR count). The van der Waals surface area contributed by atoms with Gasteiger partial charge in [0.2, 0.25) is 0 Å². The molecule has 1 aliphatic rings. The first-order valence-electron chi connectivity index (χ1n) is 16.3. The third-order valence-corrected chi connectivity index (χ3v) is 8.94. The monoisotopic (exact) mass is 727 g/mol. The van der Waals surface area contributed by atoms with Crippen LogP contribution in [0, 0.1) is 5.82 Å². The lowest BCUT2D eigenvalue weighted by Gasteiger charge is -2.28. The molecule has 3 aromatic carbocycles. The molecule has 2 aromatic heterocycles. The van der Waals surface area contributed by atoms with Crippen LogP contribution in [-0.2, 0) is 17.8 Å². The van der Waals surface area contributed by atoms with Crippen molar-refractivity contribution >= 4 is 39.1 Å². The number of likely N-dealkylation sites (tertiary alicyclic amines) is 1. The molecule has 52 heavy (non-hydrogen) atoms. The lowest BCUT2D eigenvalue weighted by Crippen LogP contribution is -2.43.